The third-order valence-corrected chi connectivity index (χ3v) is 0.807. The predicted octanol–water partition coefficient (Wildman–Crippen LogP) is 1.91. The molecule has 0 atom stereocenters. The summed E-state index contributed by atoms with van der Waals surface area (Å²) >= 11 is 0. The van der Waals surface area contributed by atoms with Gasteiger partial charge in [0.2, 0.25) is 0 Å². The van der Waals surface area contributed by atoms with Crippen LogP contribution in [-0.2, 0) is 9.53 Å². The molecule has 0 aromatic heterocycles. The fraction of sp³-hybridized carbons (Fsp3) is 0.625. The molecule has 0 amide bonds. The van der Waals surface area contributed by atoms with Gasteiger partial charge >= 0.3 is 5.97 Å². The number of ether oxygens (including phenoxy) is 1. The number of carbonyl (C=O) groups excluding carboxylic acids is 1. The van der Waals surface area contributed by atoms with Crippen LogP contribution in [0, 0.1) is 0 Å². The van der Waals surface area contributed by atoms with E-state index >= 15 is 0 Å². The van der Waals surface area contributed by atoms with E-state index in [0.717, 1.165) is 6.08 Å². The first-order valence-electron chi connectivity index (χ1n) is 3.60. The van der Waals surface area contributed by atoms with Gasteiger partial charge in [-0.3, -0.25) is 0 Å². The summed E-state index contributed by atoms with van der Waals surface area (Å²) < 4.78 is 4.43. The molecule has 1 aliphatic carbocycles. The Morgan fingerprint density at radius 3 is 2.20 bits per heavy atom. The molecular weight excluding hydrogens is 128 g/mol. The molecule has 0 aromatic rings. The third-order valence-electron chi connectivity index (χ3n) is 0.807. The van der Waals surface area contributed by atoms with Crippen molar-refractivity contribution in [2.45, 2.75) is 26.2 Å². The predicted molar refractivity (Wildman–Crippen MR) is 40.7 cm³/mol. The summed E-state index contributed by atoms with van der Waals surface area (Å²) in [5, 5.41) is 0. The van der Waals surface area contributed by atoms with Crippen LogP contribution in [0.3, 0.4) is 0 Å². The van der Waals surface area contributed by atoms with Gasteiger partial charge in [0, 0.05) is 6.08 Å². The minimum Gasteiger partial charge on any atom is -0.463 e. The van der Waals surface area contributed by atoms with E-state index in [-0.39, 0.29) is 5.97 Å². The Morgan fingerprint density at radius 2 is 2.10 bits per heavy atom. The van der Waals surface area contributed by atoms with Crippen molar-refractivity contribution >= 4 is 5.97 Å². The van der Waals surface area contributed by atoms with Crippen LogP contribution in [0.4, 0.5) is 0 Å². The number of carbonyl (C=O) groups is 1. The summed E-state index contributed by atoms with van der Waals surface area (Å²) in [5.41, 5.74) is 0. The van der Waals surface area contributed by atoms with Gasteiger partial charge in [0.05, 0.1) is 6.61 Å². The molecule has 0 heterocycles. The Kier molecular flexibility index (Phi) is 5.83. The molecule has 0 bridgehead atoms. The van der Waals surface area contributed by atoms with Gasteiger partial charge in [-0.1, -0.05) is 25.8 Å². The lowest BCUT2D eigenvalue weighted by molar-refractivity contribution is -0.137. The number of hydrogen-bond donors (Lipinski definition) is 0. The third kappa shape index (κ3) is 10.2. The van der Waals surface area contributed by atoms with Crippen molar-refractivity contribution < 1.29 is 9.53 Å². The van der Waals surface area contributed by atoms with Gasteiger partial charge in [-0.2, -0.15) is 0 Å². The van der Waals surface area contributed by atoms with E-state index in [2.05, 4.69) is 11.3 Å². The fourth-order valence-corrected chi connectivity index (χ4v) is 0.201. The lowest BCUT2D eigenvalue weighted by Gasteiger charge is -1.90. The highest BCUT2D eigenvalue weighted by molar-refractivity contribution is 5.81. The van der Waals surface area contributed by atoms with E-state index in [4.69, 9.17) is 0 Å². The van der Waals surface area contributed by atoms with E-state index in [9.17, 15) is 4.79 Å². The summed E-state index contributed by atoms with van der Waals surface area (Å²) in [4.78, 5) is 10.1. The minimum absolute atomic E-state index is 0.359. The SMILES string of the molecule is C1CC1.C=CC(=O)OCC. The average molecular weight is 142 g/mol. The van der Waals surface area contributed by atoms with Crippen molar-refractivity contribution in [3.63, 3.8) is 0 Å². The molecule has 1 aliphatic rings. The van der Waals surface area contributed by atoms with Crippen LogP contribution in [0.2, 0.25) is 0 Å². The molecule has 2 nitrogen and oxygen atoms in total. The molecule has 0 saturated heterocycles. The lowest BCUT2D eigenvalue weighted by atomic mass is 10.6. The Bertz CT molecular complexity index is 103. The van der Waals surface area contributed by atoms with Gasteiger partial charge in [0.15, 0.2) is 0 Å². The molecule has 0 radical (unpaired) electrons. The standard InChI is InChI=1S/C5H8O2.C3H6/c1-3-5(6)7-4-2;1-2-3-1/h3H,1,4H2,2H3;1-3H2. The van der Waals surface area contributed by atoms with Crippen molar-refractivity contribution in [2.24, 2.45) is 0 Å². The molecule has 1 rings (SSSR count). The fourth-order valence-electron chi connectivity index (χ4n) is 0.201. The van der Waals surface area contributed by atoms with Crippen LogP contribution in [0.1, 0.15) is 26.2 Å². The van der Waals surface area contributed by atoms with Gasteiger partial charge < -0.3 is 4.74 Å². The second-order valence-electron chi connectivity index (χ2n) is 2.02. The Morgan fingerprint density at radius 1 is 1.60 bits per heavy atom. The second-order valence-corrected chi connectivity index (χ2v) is 2.02. The Hall–Kier alpha value is -0.790. The maximum atomic E-state index is 10.1. The highest BCUT2D eigenvalue weighted by atomic mass is 16.5. The molecular formula is C8H14O2. The molecule has 0 unspecified atom stereocenters. The van der Waals surface area contributed by atoms with Gasteiger partial charge in [-0.15, -0.1) is 0 Å². The first-order valence-corrected chi connectivity index (χ1v) is 3.60. The van der Waals surface area contributed by atoms with Crippen LogP contribution >= 0.6 is 0 Å². The molecule has 0 aromatic carbocycles. The Labute approximate surface area is 61.9 Å². The summed E-state index contributed by atoms with van der Waals surface area (Å²) in [5.74, 6) is -0.359. The van der Waals surface area contributed by atoms with E-state index in [1.807, 2.05) is 0 Å². The molecule has 2 heteroatoms. The first-order chi connectivity index (χ1) is 4.81. The zero-order valence-corrected chi connectivity index (χ0v) is 6.43. The molecule has 58 valence electrons. The molecule has 1 saturated carbocycles. The topological polar surface area (TPSA) is 26.3 Å². The zero-order chi connectivity index (χ0) is 7.82. The van der Waals surface area contributed by atoms with Crippen LogP contribution in [0.5, 0.6) is 0 Å². The zero-order valence-electron chi connectivity index (χ0n) is 6.43. The van der Waals surface area contributed by atoms with Crippen molar-refractivity contribution in [3.05, 3.63) is 12.7 Å². The lowest BCUT2D eigenvalue weighted by Crippen LogP contribution is -1.97. The maximum Gasteiger partial charge on any atom is 0.330 e. The average Bonchev–Trinajstić information content (AvgIpc) is 2.73. The van der Waals surface area contributed by atoms with Gasteiger partial charge in [-0.05, 0) is 6.92 Å². The number of hydrogen-bond acceptors (Lipinski definition) is 2. The van der Waals surface area contributed by atoms with Crippen molar-refractivity contribution in [2.75, 3.05) is 6.61 Å². The van der Waals surface area contributed by atoms with Crippen molar-refractivity contribution in [3.8, 4) is 0 Å². The summed E-state index contributed by atoms with van der Waals surface area (Å²) in [7, 11) is 0. The van der Waals surface area contributed by atoms with Crippen molar-refractivity contribution in [1.82, 2.24) is 0 Å². The first kappa shape index (κ1) is 9.21. The molecule has 10 heavy (non-hydrogen) atoms. The number of rotatable bonds is 2. The summed E-state index contributed by atoms with van der Waals surface area (Å²) in [6.07, 6.45) is 5.64. The largest absolute Gasteiger partial charge is 0.463 e. The second kappa shape index (κ2) is 6.33. The molecule has 0 N–H and O–H groups in total. The van der Waals surface area contributed by atoms with Crippen LogP contribution in [-0.4, -0.2) is 12.6 Å². The quantitative estimate of drug-likeness (QED) is 0.435. The van der Waals surface area contributed by atoms with E-state index in [1.165, 1.54) is 19.3 Å². The highest BCUT2D eigenvalue weighted by Gasteiger charge is 1.95. The molecule has 0 aliphatic heterocycles. The molecule has 1 fully saturated rings. The van der Waals surface area contributed by atoms with E-state index in [1.54, 1.807) is 6.92 Å². The maximum absolute atomic E-state index is 10.1. The minimum atomic E-state index is -0.359. The summed E-state index contributed by atoms with van der Waals surface area (Å²) in [6.45, 7) is 5.38. The van der Waals surface area contributed by atoms with E-state index < -0.39 is 0 Å². The van der Waals surface area contributed by atoms with Crippen LogP contribution in [0.25, 0.3) is 0 Å². The van der Waals surface area contributed by atoms with Gasteiger partial charge in [-0.25, -0.2) is 4.79 Å². The van der Waals surface area contributed by atoms with E-state index in [0.29, 0.717) is 6.61 Å². The normalized spacial score (nSPS) is 12.5. The Balaban J connectivity index is 0.000000219. The monoisotopic (exact) mass is 142 g/mol. The van der Waals surface area contributed by atoms with Gasteiger partial charge in [0.1, 0.15) is 0 Å². The van der Waals surface area contributed by atoms with Crippen LogP contribution < -0.4 is 0 Å². The highest BCUT2D eigenvalue weighted by Crippen LogP contribution is 2.14. The van der Waals surface area contributed by atoms with Gasteiger partial charge in [0.25, 0.3) is 0 Å². The smallest absolute Gasteiger partial charge is 0.330 e. The molecule has 0 spiro atoms. The van der Waals surface area contributed by atoms with Crippen LogP contribution in [0.15, 0.2) is 12.7 Å². The van der Waals surface area contributed by atoms with Crippen molar-refractivity contribution in [1.29, 1.82) is 0 Å². The summed E-state index contributed by atoms with van der Waals surface area (Å²) in [6, 6.07) is 0. The number of esters is 1.